The summed E-state index contributed by atoms with van der Waals surface area (Å²) in [6.45, 7) is 7.13. The van der Waals surface area contributed by atoms with Crippen molar-refractivity contribution in [3.63, 3.8) is 0 Å². The molecule has 0 spiro atoms. The maximum atomic E-state index is 5.91. The highest BCUT2D eigenvalue weighted by atomic mass is 79.9. The highest BCUT2D eigenvalue weighted by molar-refractivity contribution is 9.10. The zero-order valence-corrected chi connectivity index (χ0v) is 13.9. The molecule has 1 atom stereocenters. The summed E-state index contributed by atoms with van der Waals surface area (Å²) in [6.07, 6.45) is 1.06. The molecule has 1 aromatic carbocycles. The molecule has 0 aliphatic carbocycles. The van der Waals surface area contributed by atoms with Crippen molar-refractivity contribution >= 4 is 15.9 Å². The van der Waals surface area contributed by atoms with Crippen LogP contribution >= 0.6 is 15.9 Å². The van der Waals surface area contributed by atoms with E-state index in [9.17, 15) is 0 Å². The van der Waals surface area contributed by atoms with Gasteiger partial charge in [0.15, 0.2) is 0 Å². The number of hydrogen-bond acceptors (Lipinski definition) is 2. The molecule has 108 valence electrons. The van der Waals surface area contributed by atoms with E-state index in [4.69, 9.17) is 10.7 Å². The highest BCUT2D eigenvalue weighted by Gasteiger charge is 2.18. The van der Waals surface area contributed by atoms with Crippen LogP contribution in [0.1, 0.15) is 37.7 Å². The van der Waals surface area contributed by atoms with Gasteiger partial charge in [-0.2, -0.15) is 0 Å². The zero-order chi connectivity index (χ0) is 14.7. The van der Waals surface area contributed by atoms with E-state index in [0.717, 1.165) is 33.7 Å². The number of benzene rings is 1. The lowest BCUT2D eigenvalue weighted by molar-refractivity contribution is 0.490. The van der Waals surface area contributed by atoms with Crippen LogP contribution in [0.2, 0.25) is 0 Å². The lowest BCUT2D eigenvalue weighted by Crippen LogP contribution is -2.16. The summed E-state index contributed by atoms with van der Waals surface area (Å²) in [5.74, 6) is 1.92. The van der Waals surface area contributed by atoms with Crippen LogP contribution in [0.3, 0.4) is 0 Å². The predicted molar refractivity (Wildman–Crippen MR) is 87.7 cm³/mol. The number of aromatic nitrogens is 2. The van der Waals surface area contributed by atoms with Crippen LogP contribution in [0.4, 0.5) is 0 Å². The third kappa shape index (κ3) is 3.49. The van der Waals surface area contributed by atoms with E-state index in [1.807, 2.05) is 12.1 Å². The molecule has 0 radical (unpaired) electrons. The molecule has 0 aliphatic heterocycles. The van der Waals surface area contributed by atoms with Crippen LogP contribution in [0.5, 0.6) is 0 Å². The van der Waals surface area contributed by atoms with Crippen molar-refractivity contribution in [2.75, 3.05) is 6.54 Å². The summed E-state index contributed by atoms with van der Waals surface area (Å²) in [5, 5.41) is 0. The molecule has 2 aromatic rings. The van der Waals surface area contributed by atoms with Gasteiger partial charge in [-0.25, -0.2) is 4.98 Å². The molecule has 2 rings (SSSR count). The first kappa shape index (κ1) is 15.3. The Morgan fingerprint density at radius 1 is 1.35 bits per heavy atom. The largest absolute Gasteiger partial charge is 0.345 e. The highest BCUT2D eigenvalue weighted by Crippen LogP contribution is 2.28. The van der Waals surface area contributed by atoms with Gasteiger partial charge in [-0.05, 0) is 31.4 Å². The molecule has 0 bridgehead atoms. The quantitative estimate of drug-likeness (QED) is 0.858. The van der Waals surface area contributed by atoms with Crippen molar-refractivity contribution in [1.82, 2.24) is 9.97 Å². The van der Waals surface area contributed by atoms with Crippen LogP contribution in [-0.2, 0) is 0 Å². The second-order valence-corrected chi connectivity index (χ2v) is 6.58. The summed E-state index contributed by atoms with van der Waals surface area (Å²) >= 11 is 3.51. The number of nitrogens with zero attached hydrogens (tertiary/aromatic N) is 1. The van der Waals surface area contributed by atoms with Crippen LogP contribution in [-0.4, -0.2) is 16.5 Å². The van der Waals surface area contributed by atoms with Crippen molar-refractivity contribution in [3.05, 3.63) is 40.3 Å². The van der Waals surface area contributed by atoms with Crippen molar-refractivity contribution in [1.29, 1.82) is 0 Å². The van der Waals surface area contributed by atoms with Gasteiger partial charge in [0.1, 0.15) is 5.82 Å². The van der Waals surface area contributed by atoms with Gasteiger partial charge < -0.3 is 10.7 Å². The molecule has 0 amide bonds. The lowest BCUT2D eigenvalue weighted by Gasteiger charge is -2.14. The standard InChI is InChI=1S/C16H22BrN3/c1-10(2)7-13(9-18)16-19-11(3)15(20-16)12-5-4-6-14(17)8-12/h4-6,8,10,13H,7,9,18H2,1-3H3,(H,19,20). The number of imidazole rings is 1. The third-order valence-corrected chi connectivity index (χ3v) is 3.92. The van der Waals surface area contributed by atoms with Gasteiger partial charge in [-0.15, -0.1) is 0 Å². The Kier molecular flexibility index (Phi) is 5.00. The van der Waals surface area contributed by atoms with Crippen LogP contribution in [0, 0.1) is 12.8 Å². The van der Waals surface area contributed by atoms with Gasteiger partial charge in [-0.3, -0.25) is 0 Å². The van der Waals surface area contributed by atoms with Crippen LogP contribution in [0.25, 0.3) is 11.3 Å². The monoisotopic (exact) mass is 335 g/mol. The number of aromatic amines is 1. The van der Waals surface area contributed by atoms with Gasteiger partial charge in [-0.1, -0.05) is 41.9 Å². The maximum Gasteiger partial charge on any atom is 0.111 e. The summed E-state index contributed by atoms with van der Waals surface area (Å²) in [4.78, 5) is 8.20. The third-order valence-electron chi connectivity index (χ3n) is 3.43. The first-order valence-corrected chi connectivity index (χ1v) is 7.83. The fourth-order valence-corrected chi connectivity index (χ4v) is 2.88. The minimum absolute atomic E-state index is 0.301. The molecule has 0 saturated carbocycles. The number of rotatable bonds is 5. The fourth-order valence-electron chi connectivity index (χ4n) is 2.48. The molecule has 0 saturated heterocycles. The Balaban J connectivity index is 2.33. The molecule has 1 aromatic heterocycles. The summed E-state index contributed by atoms with van der Waals surface area (Å²) < 4.78 is 1.07. The number of hydrogen-bond donors (Lipinski definition) is 2. The van der Waals surface area contributed by atoms with Crippen molar-refractivity contribution < 1.29 is 0 Å². The minimum atomic E-state index is 0.301. The predicted octanol–water partition coefficient (Wildman–Crippen LogP) is 4.24. The maximum absolute atomic E-state index is 5.91. The Morgan fingerprint density at radius 2 is 2.10 bits per heavy atom. The summed E-state index contributed by atoms with van der Waals surface area (Å²) in [5.41, 5.74) is 9.15. The van der Waals surface area contributed by atoms with Crippen LogP contribution < -0.4 is 5.73 Å². The number of H-pyrrole nitrogens is 1. The van der Waals surface area contributed by atoms with E-state index >= 15 is 0 Å². The average molecular weight is 336 g/mol. The fraction of sp³-hybridized carbons (Fsp3) is 0.438. The Labute approximate surface area is 129 Å². The van der Waals surface area contributed by atoms with E-state index in [2.05, 4.69) is 53.8 Å². The molecular formula is C16H22BrN3. The van der Waals surface area contributed by atoms with Crippen LogP contribution in [0.15, 0.2) is 28.7 Å². The molecule has 0 fully saturated rings. The van der Waals surface area contributed by atoms with Gasteiger partial charge in [0.2, 0.25) is 0 Å². The topological polar surface area (TPSA) is 54.7 Å². The Hall–Kier alpha value is -1.13. The Morgan fingerprint density at radius 3 is 2.70 bits per heavy atom. The summed E-state index contributed by atoms with van der Waals surface area (Å²) in [6, 6.07) is 8.22. The minimum Gasteiger partial charge on any atom is -0.345 e. The molecule has 20 heavy (non-hydrogen) atoms. The normalized spacial score (nSPS) is 12.9. The van der Waals surface area contributed by atoms with Crippen molar-refractivity contribution in [2.45, 2.75) is 33.1 Å². The number of nitrogens with two attached hydrogens (primary N) is 1. The average Bonchev–Trinajstić information content (AvgIpc) is 2.77. The first-order valence-electron chi connectivity index (χ1n) is 7.03. The van der Waals surface area contributed by atoms with Crippen molar-refractivity contribution in [2.24, 2.45) is 11.7 Å². The molecule has 1 unspecified atom stereocenters. The second-order valence-electron chi connectivity index (χ2n) is 5.67. The second kappa shape index (κ2) is 6.55. The molecule has 3 N–H and O–H groups in total. The van der Waals surface area contributed by atoms with Gasteiger partial charge in [0.25, 0.3) is 0 Å². The molecule has 3 nitrogen and oxygen atoms in total. The zero-order valence-electron chi connectivity index (χ0n) is 12.3. The smallest absolute Gasteiger partial charge is 0.111 e. The SMILES string of the molecule is Cc1[nH]c(C(CN)CC(C)C)nc1-c1cccc(Br)c1. The van der Waals surface area contributed by atoms with E-state index in [-0.39, 0.29) is 0 Å². The van der Waals surface area contributed by atoms with Crippen molar-refractivity contribution in [3.8, 4) is 11.3 Å². The van der Waals surface area contributed by atoms with E-state index in [1.165, 1.54) is 0 Å². The van der Waals surface area contributed by atoms with Gasteiger partial charge >= 0.3 is 0 Å². The number of aryl methyl sites for hydroxylation is 1. The molecule has 0 aliphatic rings. The molecule has 4 heteroatoms. The van der Waals surface area contributed by atoms with Gasteiger partial charge in [0.05, 0.1) is 5.69 Å². The number of halogens is 1. The van der Waals surface area contributed by atoms with Gasteiger partial charge in [0, 0.05) is 28.2 Å². The first-order chi connectivity index (χ1) is 9.51. The number of nitrogens with one attached hydrogen (secondary N) is 1. The Bertz CT molecular complexity index is 575. The van der Waals surface area contributed by atoms with E-state index in [0.29, 0.717) is 18.4 Å². The lowest BCUT2D eigenvalue weighted by atomic mass is 9.97. The van der Waals surface area contributed by atoms with E-state index in [1.54, 1.807) is 0 Å². The molecular weight excluding hydrogens is 314 g/mol. The van der Waals surface area contributed by atoms with E-state index < -0.39 is 0 Å². The molecule has 1 heterocycles. The summed E-state index contributed by atoms with van der Waals surface area (Å²) in [7, 11) is 0.